The molecule has 0 spiro atoms. The van der Waals surface area contributed by atoms with Crippen molar-refractivity contribution < 1.29 is 25.2 Å². The predicted octanol–water partition coefficient (Wildman–Crippen LogP) is 3.83. The zero-order chi connectivity index (χ0) is 20.1. The number of aliphatic hydroxyl groups is 3. The molecule has 0 bridgehead atoms. The van der Waals surface area contributed by atoms with Gasteiger partial charge in [0.15, 0.2) is 0 Å². The van der Waals surface area contributed by atoms with E-state index in [1.807, 2.05) is 0 Å². The maximum absolute atomic E-state index is 10.6. The van der Waals surface area contributed by atoms with Crippen LogP contribution in [-0.2, 0) is 4.79 Å². The molecule has 0 aromatic carbocycles. The molecule has 6 heteroatoms. The van der Waals surface area contributed by atoms with E-state index >= 15 is 0 Å². The summed E-state index contributed by atoms with van der Waals surface area (Å²) in [6.07, 6.45) is 10.3. The largest absolute Gasteiger partial charge is 0.481 e. The maximum Gasteiger partial charge on any atom is 0.313 e. The predicted molar refractivity (Wildman–Crippen MR) is 111 cm³/mol. The van der Waals surface area contributed by atoms with Gasteiger partial charge in [-0.1, -0.05) is 58.3 Å². The van der Waals surface area contributed by atoms with E-state index in [2.05, 4.69) is 6.92 Å². The van der Waals surface area contributed by atoms with E-state index in [0.717, 1.165) is 37.9 Å². The topological polar surface area (TPSA) is 98.0 Å². The van der Waals surface area contributed by atoms with Crippen LogP contribution in [0.1, 0.15) is 84.0 Å². The Morgan fingerprint density at radius 3 is 2.33 bits per heavy atom. The van der Waals surface area contributed by atoms with Crippen molar-refractivity contribution in [2.45, 2.75) is 102 Å². The van der Waals surface area contributed by atoms with Gasteiger partial charge in [-0.15, -0.1) is 0 Å². The van der Waals surface area contributed by atoms with E-state index in [0.29, 0.717) is 12.8 Å². The van der Waals surface area contributed by atoms with Crippen LogP contribution >= 0.6 is 11.8 Å². The standard InChI is InChI=1S/C21H40O5S/c1-2-3-4-5-6-7-8-12-17(22)21-16(18(23)14-19(21)24)11-9-10-13-27-15-20(25)26/h16-19,21-24H,2-15H2,1H3,(H,25,26)/t16-,17?,18?,19?,21+/m0/s1. The Bertz CT molecular complexity index is 393. The molecule has 1 aliphatic rings. The quantitative estimate of drug-likeness (QED) is 0.292. The van der Waals surface area contributed by atoms with Crippen molar-refractivity contribution in [2.75, 3.05) is 11.5 Å². The number of unbranched alkanes of at least 4 members (excludes halogenated alkanes) is 7. The van der Waals surface area contributed by atoms with Crippen LogP contribution < -0.4 is 0 Å². The molecule has 5 atom stereocenters. The number of hydrogen-bond donors (Lipinski definition) is 4. The van der Waals surface area contributed by atoms with Gasteiger partial charge in [-0.3, -0.25) is 4.79 Å². The smallest absolute Gasteiger partial charge is 0.313 e. The first kappa shape index (κ1) is 24.7. The Morgan fingerprint density at radius 2 is 1.67 bits per heavy atom. The number of carboxylic acid groups (broad SMARTS) is 1. The molecule has 5 nitrogen and oxygen atoms in total. The minimum atomic E-state index is -0.789. The number of thioether (sulfide) groups is 1. The number of aliphatic hydroxyl groups excluding tert-OH is 3. The van der Waals surface area contributed by atoms with Gasteiger partial charge in [0.05, 0.1) is 24.1 Å². The summed E-state index contributed by atoms with van der Waals surface area (Å²) < 4.78 is 0. The summed E-state index contributed by atoms with van der Waals surface area (Å²) in [4.78, 5) is 10.5. The lowest BCUT2D eigenvalue weighted by Crippen LogP contribution is -2.33. The van der Waals surface area contributed by atoms with Gasteiger partial charge < -0.3 is 20.4 Å². The summed E-state index contributed by atoms with van der Waals surface area (Å²) in [5.41, 5.74) is 0. The molecule has 0 saturated heterocycles. The Hall–Kier alpha value is -0.300. The number of aliphatic carboxylic acids is 1. The van der Waals surface area contributed by atoms with Crippen LogP contribution in [0.4, 0.5) is 0 Å². The van der Waals surface area contributed by atoms with Crippen molar-refractivity contribution in [3.8, 4) is 0 Å². The summed E-state index contributed by atoms with van der Waals surface area (Å²) >= 11 is 1.41. The SMILES string of the molecule is CCCCCCCCCC(O)[C@@H]1C(O)CC(O)[C@@H]1CCCCSCC(=O)O. The highest BCUT2D eigenvalue weighted by molar-refractivity contribution is 7.99. The molecule has 1 rings (SSSR count). The van der Waals surface area contributed by atoms with Crippen LogP contribution in [0.5, 0.6) is 0 Å². The summed E-state index contributed by atoms with van der Waals surface area (Å²) in [5.74, 6) is -0.147. The van der Waals surface area contributed by atoms with Gasteiger partial charge in [0.1, 0.15) is 0 Å². The molecule has 0 aliphatic heterocycles. The average molecular weight is 405 g/mol. The van der Waals surface area contributed by atoms with Gasteiger partial charge in [-0.25, -0.2) is 0 Å². The molecule has 1 aliphatic carbocycles. The molecule has 27 heavy (non-hydrogen) atoms. The first-order valence-corrected chi connectivity index (χ1v) is 12.0. The van der Waals surface area contributed by atoms with Crippen molar-refractivity contribution in [2.24, 2.45) is 11.8 Å². The van der Waals surface area contributed by atoms with Crippen LogP contribution in [0, 0.1) is 11.8 Å². The van der Waals surface area contributed by atoms with Gasteiger partial charge in [-0.05, 0) is 37.4 Å². The average Bonchev–Trinajstić information content (AvgIpc) is 2.90. The number of rotatable bonds is 16. The van der Waals surface area contributed by atoms with Crippen LogP contribution in [0.25, 0.3) is 0 Å². The Balaban J connectivity index is 2.27. The zero-order valence-electron chi connectivity index (χ0n) is 16.9. The molecule has 0 aromatic heterocycles. The van der Waals surface area contributed by atoms with Crippen LogP contribution in [-0.4, -0.2) is 56.2 Å². The molecule has 0 aromatic rings. The maximum atomic E-state index is 10.6. The number of hydrogen-bond acceptors (Lipinski definition) is 5. The van der Waals surface area contributed by atoms with E-state index in [1.165, 1.54) is 43.9 Å². The van der Waals surface area contributed by atoms with E-state index in [9.17, 15) is 20.1 Å². The van der Waals surface area contributed by atoms with Crippen molar-refractivity contribution in [3.05, 3.63) is 0 Å². The molecule has 1 fully saturated rings. The molecule has 3 unspecified atom stereocenters. The lowest BCUT2D eigenvalue weighted by atomic mass is 9.83. The van der Waals surface area contributed by atoms with Crippen LogP contribution in [0.2, 0.25) is 0 Å². The highest BCUT2D eigenvalue weighted by atomic mass is 32.2. The molecular formula is C21H40O5S. The minimum Gasteiger partial charge on any atom is -0.481 e. The Morgan fingerprint density at radius 1 is 1.00 bits per heavy atom. The fourth-order valence-corrected chi connectivity index (χ4v) is 5.02. The summed E-state index contributed by atoms with van der Waals surface area (Å²) in [7, 11) is 0. The summed E-state index contributed by atoms with van der Waals surface area (Å²) in [6.45, 7) is 2.21. The molecule has 0 heterocycles. The third-order valence-electron chi connectivity index (χ3n) is 5.77. The van der Waals surface area contributed by atoms with Crippen LogP contribution in [0.15, 0.2) is 0 Å². The second kappa shape index (κ2) is 14.7. The lowest BCUT2D eigenvalue weighted by molar-refractivity contribution is -0.133. The van der Waals surface area contributed by atoms with Gasteiger partial charge in [-0.2, -0.15) is 11.8 Å². The van der Waals surface area contributed by atoms with E-state index in [-0.39, 0.29) is 17.6 Å². The summed E-state index contributed by atoms with van der Waals surface area (Å²) in [6, 6.07) is 0. The molecule has 1 saturated carbocycles. The van der Waals surface area contributed by atoms with Gasteiger partial charge in [0.25, 0.3) is 0 Å². The summed E-state index contributed by atoms with van der Waals surface area (Å²) in [5, 5.41) is 39.8. The van der Waals surface area contributed by atoms with Crippen molar-refractivity contribution >= 4 is 17.7 Å². The zero-order valence-corrected chi connectivity index (χ0v) is 17.7. The normalized spacial score (nSPS) is 26.4. The van der Waals surface area contributed by atoms with E-state index in [4.69, 9.17) is 5.11 Å². The second-order valence-corrected chi connectivity index (χ2v) is 9.14. The van der Waals surface area contributed by atoms with Crippen molar-refractivity contribution in [1.82, 2.24) is 0 Å². The first-order valence-electron chi connectivity index (χ1n) is 10.8. The fraction of sp³-hybridized carbons (Fsp3) is 0.952. The first-order chi connectivity index (χ1) is 13.0. The lowest BCUT2D eigenvalue weighted by Gasteiger charge is -2.28. The fourth-order valence-electron chi connectivity index (χ4n) is 4.29. The van der Waals surface area contributed by atoms with E-state index < -0.39 is 24.3 Å². The molecule has 0 amide bonds. The second-order valence-electron chi connectivity index (χ2n) is 8.03. The third-order valence-corrected chi connectivity index (χ3v) is 6.79. The molecule has 0 radical (unpaired) electrons. The highest BCUT2D eigenvalue weighted by Crippen LogP contribution is 2.39. The third kappa shape index (κ3) is 10.2. The van der Waals surface area contributed by atoms with Crippen molar-refractivity contribution in [3.63, 3.8) is 0 Å². The molecule has 160 valence electrons. The monoisotopic (exact) mass is 404 g/mol. The Kier molecular flexibility index (Phi) is 13.4. The van der Waals surface area contributed by atoms with Crippen molar-refractivity contribution in [1.29, 1.82) is 0 Å². The van der Waals surface area contributed by atoms with Crippen LogP contribution in [0.3, 0.4) is 0 Å². The number of carbonyl (C=O) groups is 1. The molecule has 4 N–H and O–H groups in total. The highest BCUT2D eigenvalue weighted by Gasteiger charge is 2.44. The van der Waals surface area contributed by atoms with Gasteiger partial charge in [0, 0.05) is 5.92 Å². The number of carboxylic acids is 1. The molecular weight excluding hydrogens is 364 g/mol. The van der Waals surface area contributed by atoms with Gasteiger partial charge >= 0.3 is 5.97 Å². The minimum absolute atomic E-state index is 0.0518. The van der Waals surface area contributed by atoms with E-state index in [1.54, 1.807) is 0 Å². The Labute approximate surface area is 168 Å². The van der Waals surface area contributed by atoms with Gasteiger partial charge in [0.2, 0.25) is 0 Å².